The molecule has 0 unspecified atom stereocenters. The number of anilines is 1. The fourth-order valence-corrected chi connectivity index (χ4v) is 2.85. The Labute approximate surface area is 127 Å². The average molecular weight is 294 g/mol. The Morgan fingerprint density at radius 3 is 2.68 bits per heavy atom. The van der Waals surface area contributed by atoms with E-state index in [0.717, 1.165) is 5.56 Å². The summed E-state index contributed by atoms with van der Waals surface area (Å²) in [6.45, 7) is 0.0110. The first kappa shape index (κ1) is 13.2. The standard InChI is InChI=1S/C18H15FN2O/c19-15-4-2-1-3-13(15)18-14-9-12(11-5-6-11)7-8-16(14)21-17(22)10-20-18/h1-4,7-9,11H,5-6,10H2,(H,21,22). The lowest BCUT2D eigenvalue weighted by Crippen LogP contribution is -2.13. The number of hydrogen-bond donors (Lipinski definition) is 1. The lowest BCUT2D eigenvalue weighted by atomic mass is 9.97. The minimum atomic E-state index is -0.321. The summed E-state index contributed by atoms with van der Waals surface area (Å²) in [5, 5.41) is 2.85. The molecule has 0 spiro atoms. The number of benzene rings is 2. The highest BCUT2D eigenvalue weighted by Gasteiger charge is 2.26. The molecule has 110 valence electrons. The lowest BCUT2D eigenvalue weighted by molar-refractivity contribution is -0.114. The summed E-state index contributed by atoms with van der Waals surface area (Å²) < 4.78 is 14.2. The quantitative estimate of drug-likeness (QED) is 0.905. The van der Waals surface area contributed by atoms with Crippen molar-refractivity contribution in [2.24, 2.45) is 4.99 Å². The number of fused-ring (bicyclic) bond motifs is 1. The summed E-state index contributed by atoms with van der Waals surface area (Å²) in [4.78, 5) is 16.2. The Kier molecular flexibility index (Phi) is 3.03. The third kappa shape index (κ3) is 2.30. The molecule has 1 aliphatic heterocycles. The van der Waals surface area contributed by atoms with Crippen LogP contribution in [-0.4, -0.2) is 18.2 Å². The van der Waals surface area contributed by atoms with E-state index in [4.69, 9.17) is 0 Å². The van der Waals surface area contributed by atoms with E-state index >= 15 is 0 Å². The van der Waals surface area contributed by atoms with Gasteiger partial charge in [-0.05, 0) is 48.6 Å². The predicted molar refractivity (Wildman–Crippen MR) is 84.0 cm³/mol. The summed E-state index contributed by atoms with van der Waals surface area (Å²) in [6.07, 6.45) is 2.38. The van der Waals surface area contributed by atoms with E-state index in [0.29, 0.717) is 22.9 Å². The van der Waals surface area contributed by atoms with Crippen molar-refractivity contribution in [2.75, 3.05) is 11.9 Å². The third-order valence-corrected chi connectivity index (χ3v) is 4.13. The first-order chi connectivity index (χ1) is 10.7. The first-order valence-electron chi connectivity index (χ1n) is 7.46. The number of aliphatic imine (C=N–C) groups is 1. The number of hydrogen-bond acceptors (Lipinski definition) is 2. The highest BCUT2D eigenvalue weighted by atomic mass is 19.1. The second kappa shape index (κ2) is 5.05. The van der Waals surface area contributed by atoms with Crippen molar-refractivity contribution in [3.05, 3.63) is 65.0 Å². The van der Waals surface area contributed by atoms with Crippen LogP contribution in [0.1, 0.15) is 35.4 Å². The summed E-state index contributed by atoms with van der Waals surface area (Å²) in [6, 6.07) is 12.6. The first-order valence-corrected chi connectivity index (χ1v) is 7.46. The second-order valence-electron chi connectivity index (χ2n) is 5.77. The van der Waals surface area contributed by atoms with E-state index in [1.807, 2.05) is 18.2 Å². The molecule has 1 saturated carbocycles. The maximum absolute atomic E-state index is 14.2. The number of benzodiazepines with no additional fused rings is 1. The normalized spacial score (nSPS) is 17.3. The lowest BCUT2D eigenvalue weighted by Gasteiger charge is -2.12. The van der Waals surface area contributed by atoms with Gasteiger partial charge in [-0.3, -0.25) is 9.79 Å². The molecule has 22 heavy (non-hydrogen) atoms. The van der Waals surface area contributed by atoms with Crippen molar-refractivity contribution in [3.63, 3.8) is 0 Å². The fourth-order valence-electron chi connectivity index (χ4n) is 2.85. The molecule has 0 aromatic heterocycles. The highest BCUT2D eigenvalue weighted by molar-refractivity contribution is 6.19. The van der Waals surface area contributed by atoms with Gasteiger partial charge in [-0.25, -0.2) is 4.39 Å². The van der Waals surface area contributed by atoms with Gasteiger partial charge in [0.15, 0.2) is 0 Å². The van der Waals surface area contributed by atoms with E-state index in [9.17, 15) is 9.18 Å². The smallest absolute Gasteiger partial charge is 0.246 e. The van der Waals surface area contributed by atoms with Crippen molar-refractivity contribution < 1.29 is 9.18 Å². The number of rotatable bonds is 2. The SMILES string of the molecule is O=C1CN=C(c2ccccc2F)c2cc(C3CC3)ccc2N1. The maximum Gasteiger partial charge on any atom is 0.246 e. The molecule has 2 aromatic rings. The molecular formula is C18H15FN2O. The molecule has 1 aliphatic carbocycles. The van der Waals surface area contributed by atoms with Gasteiger partial charge in [0.1, 0.15) is 12.4 Å². The fraction of sp³-hybridized carbons (Fsp3) is 0.222. The van der Waals surface area contributed by atoms with E-state index in [1.54, 1.807) is 18.2 Å². The van der Waals surface area contributed by atoms with E-state index < -0.39 is 0 Å². The van der Waals surface area contributed by atoms with Crippen LogP contribution in [0.15, 0.2) is 47.5 Å². The molecule has 0 radical (unpaired) electrons. The number of carbonyl (C=O) groups excluding carboxylic acids is 1. The summed E-state index contributed by atoms with van der Waals surface area (Å²) >= 11 is 0. The number of halogens is 1. The summed E-state index contributed by atoms with van der Waals surface area (Å²) in [5.41, 5.74) is 3.73. The Morgan fingerprint density at radius 2 is 1.91 bits per heavy atom. The van der Waals surface area contributed by atoms with Gasteiger partial charge < -0.3 is 5.32 Å². The van der Waals surface area contributed by atoms with Crippen LogP contribution in [0, 0.1) is 5.82 Å². The van der Waals surface area contributed by atoms with Crippen LogP contribution in [0.2, 0.25) is 0 Å². The average Bonchev–Trinajstić information content (AvgIpc) is 3.35. The zero-order chi connectivity index (χ0) is 15.1. The maximum atomic E-state index is 14.2. The molecule has 1 heterocycles. The number of nitrogens with one attached hydrogen (secondary N) is 1. The molecule has 2 aliphatic rings. The van der Waals surface area contributed by atoms with Gasteiger partial charge in [-0.2, -0.15) is 0 Å². The Hall–Kier alpha value is -2.49. The Morgan fingerprint density at radius 1 is 1.09 bits per heavy atom. The zero-order valence-corrected chi connectivity index (χ0v) is 12.0. The molecule has 4 heteroatoms. The van der Waals surface area contributed by atoms with Gasteiger partial charge in [0, 0.05) is 11.1 Å². The highest BCUT2D eigenvalue weighted by Crippen LogP contribution is 2.41. The van der Waals surface area contributed by atoms with Crippen molar-refractivity contribution in [1.29, 1.82) is 0 Å². The molecule has 3 nitrogen and oxygen atoms in total. The second-order valence-corrected chi connectivity index (χ2v) is 5.77. The monoisotopic (exact) mass is 294 g/mol. The molecule has 4 rings (SSSR count). The van der Waals surface area contributed by atoms with Crippen LogP contribution < -0.4 is 5.32 Å². The molecular weight excluding hydrogens is 279 g/mol. The third-order valence-electron chi connectivity index (χ3n) is 4.13. The van der Waals surface area contributed by atoms with Crippen LogP contribution in [0.3, 0.4) is 0 Å². The van der Waals surface area contributed by atoms with E-state index in [1.165, 1.54) is 24.5 Å². The van der Waals surface area contributed by atoms with Crippen molar-refractivity contribution in [3.8, 4) is 0 Å². The van der Waals surface area contributed by atoms with Crippen molar-refractivity contribution >= 4 is 17.3 Å². The van der Waals surface area contributed by atoms with Gasteiger partial charge in [-0.1, -0.05) is 18.2 Å². The van der Waals surface area contributed by atoms with Gasteiger partial charge in [0.25, 0.3) is 0 Å². The van der Waals surface area contributed by atoms with E-state index in [-0.39, 0.29) is 18.3 Å². The van der Waals surface area contributed by atoms with Gasteiger partial charge in [0.05, 0.1) is 11.4 Å². The number of carbonyl (C=O) groups is 1. The minimum Gasteiger partial charge on any atom is -0.324 e. The molecule has 0 atom stereocenters. The molecule has 0 saturated heterocycles. The van der Waals surface area contributed by atoms with Gasteiger partial charge in [0.2, 0.25) is 5.91 Å². The van der Waals surface area contributed by atoms with Crippen LogP contribution >= 0.6 is 0 Å². The van der Waals surface area contributed by atoms with E-state index in [2.05, 4.69) is 10.3 Å². The Bertz CT molecular complexity index is 793. The number of amides is 1. The largest absolute Gasteiger partial charge is 0.324 e. The summed E-state index contributed by atoms with van der Waals surface area (Å²) in [5.74, 6) is 0.0938. The summed E-state index contributed by atoms with van der Waals surface area (Å²) in [7, 11) is 0. The molecule has 1 fully saturated rings. The number of nitrogens with zero attached hydrogens (tertiary/aromatic N) is 1. The van der Waals surface area contributed by atoms with Crippen LogP contribution in [0.4, 0.5) is 10.1 Å². The van der Waals surface area contributed by atoms with Gasteiger partial charge >= 0.3 is 0 Å². The van der Waals surface area contributed by atoms with Crippen LogP contribution in [0.5, 0.6) is 0 Å². The Balaban J connectivity index is 1.90. The molecule has 0 bridgehead atoms. The predicted octanol–water partition coefficient (Wildman–Crippen LogP) is 3.49. The topological polar surface area (TPSA) is 41.5 Å². The zero-order valence-electron chi connectivity index (χ0n) is 12.0. The molecule has 2 aromatic carbocycles. The van der Waals surface area contributed by atoms with Crippen molar-refractivity contribution in [2.45, 2.75) is 18.8 Å². The minimum absolute atomic E-state index is 0.0110. The van der Waals surface area contributed by atoms with Crippen molar-refractivity contribution in [1.82, 2.24) is 0 Å². The molecule has 1 N–H and O–H groups in total. The molecule has 1 amide bonds. The van der Waals surface area contributed by atoms with Crippen LogP contribution in [-0.2, 0) is 4.79 Å². The van der Waals surface area contributed by atoms with Crippen LogP contribution in [0.25, 0.3) is 0 Å². The van der Waals surface area contributed by atoms with Gasteiger partial charge in [-0.15, -0.1) is 0 Å².